The number of carbonyl (C=O) groups excluding carboxylic acids is 1. The minimum Gasteiger partial charge on any atom is -0.481 e. The van der Waals surface area contributed by atoms with Crippen LogP contribution in [0, 0.1) is 0 Å². The molecule has 164 valence electrons. The zero-order valence-corrected chi connectivity index (χ0v) is 17.8. The summed E-state index contributed by atoms with van der Waals surface area (Å²) in [6, 6.07) is 17.1. The SMILES string of the molecule is C[C@H](Oc1ccccc1)C(=O)N1CCN(c2nccc(-c3ccc4c(c3)OCO4)n2)CC1. The van der Waals surface area contributed by atoms with Gasteiger partial charge in [0.15, 0.2) is 17.6 Å². The third-order valence-corrected chi connectivity index (χ3v) is 5.59. The van der Waals surface area contributed by atoms with Gasteiger partial charge in [-0.25, -0.2) is 9.97 Å². The molecule has 0 saturated carbocycles. The second-order valence-electron chi connectivity index (χ2n) is 7.70. The van der Waals surface area contributed by atoms with E-state index in [1.54, 1.807) is 13.1 Å². The molecule has 1 atom stereocenters. The molecule has 32 heavy (non-hydrogen) atoms. The molecule has 1 saturated heterocycles. The molecule has 1 fully saturated rings. The molecule has 0 spiro atoms. The topological polar surface area (TPSA) is 77.0 Å². The summed E-state index contributed by atoms with van der Waals surface area (Å²) in [5.41, 5.74) is 1.76. The van der Waals surface area contributed by atoms with Crippen LogP contribution in [0.3, 0.4) is 0 Å². The lowest BCUT2D eigenvalue weighted by Gasteiger charge is -2.35. The molecule has 8 heteroatoms. The van der Waals surface area contributed by atoms with Gasteiger partial charge >= 0.3 is 0 Å². The Bertz CT molecular complexity index is 1100. The highest BCUT2D eigenvalue weighted by molar-refractivity contribution is 5.81. The average molecular weight is 432 g/mol. The van der Waals surface area contributed by atoms with Crippen LogP contribution in [0.2, 0.25) is 0 Å². The highest BCUT2D eigenvalue weighted by Gasteiger charge is 2.27. The summed E-state index contributed by atoms with van der Waals surface area (Å²) in [7, 11) is 0. The van der Waals surface area contributed by atoms with Gasteiger partial charge in [-0.15, -0.1) is 0 Å². The minimum absolute atomic E-state index is 0.0106. The molecule has 0 N–H and O–H groups in total. The molecule has 2 aromatic carbocycles. The van der Waals surface area contributed by atoms with Crippen molar-refractivity contribution in [2.75, 3.05) is 37.9 Å². The maximum absolute atomic E-state index is 12.8. The quantitative estimate of drug-likeness (QED) is 0.613. The Hall–Kier alpha value is -3.81. The number of benzene rings is 2. The van der Waals surface area contributed by atoms with Crippen LogP contribution >= 0.6 is 0 Å². The first kappa shape index (κ1) is 20.1. The fourth-order valence-electron chi connectivity index (χ4n) is 3.85. The first-order valence-corrected chi connectivity index (χ1v) is 10.7. The second-order valence-corrected chi connectivity index (χ2v) is 7.70. The number of nitrogens with zero attached hydrogens (tertiary/aromatic N) is 4. The van der Waals surface area contributed by atoms with Gasteiger partial charge in [-0.05, 0) is 43.3 Å². The van der Waals surface area contributed by atoms with E-state index in [1.165, 1.54) is 0 Å². The number of amides is 1. The number of hydrogen-bond donors (Lipinski definition) is 0. The maximum atomic E-state index is 12.8. The lowest BCUT2D eigenvalue weighted by atomic mass is 10.1. The van der Waals surface area contributed by atoms with Crippen molar-refractivity contribution >= 4 is 11.9 Å². The number of carbonyl (C=O) groups is 1. The van der Waals surface area contributed by atoms with Crippen molar-refractivity contribution in [2.45, 2.75) is 13.0 Å². The van der Waals surface area contributed by atoms with Crippen LogP contribution in [-0.2, 0) is 4.79 Å². The van der Waals surface area contributed by atoms with Crippen molar-refractivity contribution in [3.8, 4) is 28.5 Å². The Morgan fingerprint density at radius 1 is 1.00 bits per heavy atom. The predicted octanol–water partition coefficient (Wildman–Crippen LogP) is 2.99. The van der Waals surface area contributed by atoms with Crippen molar-refractivity contribution in [2.24, 2.45) is 0 Å². The van der Waals surface area contributed by atoms with Crippen molar-refractivity contribution < 1.29 is 19.0 Å². The van der Waals surface area contributed by atoms with E-state index in [9.17, 15) is 4.79 Å². The van der Waals surface area contributed by atoms with E-state index in [4.69, 9.17) is 19.2 Å². The summed E-state index contributed by atoms with van der Waals surface area (Å²) >= 11 is 0. The van der Waals surface area contributed by atoms with Crippen LogP contribution in [0.1, 0.15) is 6.92 Å². The molecule has 1 aromatic heterocycles. The Balaban J connectivity index is 1.22. The van der Waals surface area contributed by atoms with Gasteiger partial charge in [0.2, 0.25) is 12.7 Å². The van der Waals surface area contributed by atoms with Crippen LogP contribution in [0.25, 0.3) is 11.3 Å². The molecule has 2 aliphatic rings. The number of anilines is 1. The number of para-hydroxylation sites is 1. The summed E-state index contributed by atoms with van der Waals surface area (Å²) in [6.07, 6.45) is 1.23. The van der Waals surface area contributed by atoms with E-state index in [2.05, 4.69) is 9.88 Å². The van der Waals surface area contributed by atoms with E-state index in [1.807, 2.05) is 59.5 Å². The van der Waals surface area contributed by atoms with Gasteiger partial charge in [-0.3, -0.25) is 4.79 Å². The molecular formula is C24H24N4O4. The van der Waals surface area contributed by atoms with Crippen LogP contribution < -0.4 is 19.1 Å². The van der Waals surface area contributed by atoms with E-state index in [-0.39, 0.29) is 12.7 Å². The first-order chi connectivity index (χ1) is 15.7. The zero-order valence-electron chi connectivity index (χ0n) is 17.8. The van der Waals surface area contributed by atoms with Gasteiger partial charge in [0, 0.05) is 37.9 Å². The average Bonchev–Trinajstić information content (AvgIpc) is 3.32. The largest absolute Gasteiger partial charge is 0.481 e. The molecule has 1 amide bonds. The van der Waals surface area contributed by atoms with Gasteiger partial charge in [0.05, 0.1) is 5.69 Å². The second kappa shape index (κ2) is 8.74. The van der Waals surface area contributed by atoms with Crippen LogP contribution in [0.4, 0.5) is 5.95 Å². The summed E-state index contributed by atoms with van der Waals surface area (Å²) < 4.78 is 16.6. The third-order valence-electron chi connectivity index (χ3n) is 5.59. The lowest BCUT2D eigenvalue weighted by molar-refractivity contribution is -0.138. The molecule has 0 aliphatic carbocycles. The van der Waals surface area contributed by atoms with Gasteiger partial charge in [0.25, 0.3) is 5.91 Å². The Morgan fingerprint density at radius 3 is 2.59 bits per heavy atom. The van der Waals surface area contributed by atoms with E-state index < -0.39 is 6.10 Å². The molecule has 3 heterocycles. The molecular weight excluding hydrogens is 408 g/mol. The van der Waals surface area contributed by atoms with Gasteiger partial charge < -0.3 is 24.0 Å². The standard InChI is InChI=1S/C24H24N4O4/c1-17(32-19-5-3-2-4-6-19)23(29)27-11-13-28(14-12-27)24-25-10-9-20(26-24)18-7-8-21-22(15-18)31-16-30-21/h2-10,15,17H,11-14,16H2,1H3/t17-/m0/s1. The fraction of sp³-hybridized carbons (Fsp3) is 0.292. The first-order valence-electron chi connectivity index (χ1n) is 10.7. The monoisotopic (exact) mass is 432 g/mol. The van der Waals surface area contributed by atoms with Crippen molar-refractivity contribution in [1.82, 2.24) is 14.9 Å². The maximum Gasteiger partial charge on any atom is 0.263 e. The Labute approximate surface area is 186 Å². The van der Waals surface area contributed by atoms with Gasteiger partial charge in [-0.1, -0.05) is 18.2 Å². The normalized spacial score (nSPS) is 16.0. The molecule has 2 aliphatic heterocycles. The molecule has 3 aromatic rings. The molecule has 0 unspecified atom stereocenters. The van der Waals surface area contributed by atoms with Crippen molar-refractivity contribution in [1.29, 1.82) is 0 Å². The predicted molar refractivity (Wildman–Crippen MR) is 119 cm³/mol. The highest BCUT2D eigenvalue weighted by Crippen LogP contribution is 2.35. The number of rotatable bonds is 5. The summed E-state index contributed by atoms with van der Waals surface area (Å²) in [6.45, 7) is 4.55. The van der Waals surface area contributed by atoms with E-state index >= 15 is 0 Å². The summed E-state index contributed by atoms with van der Waals surface area (Å²) in [5, 5.41) is 0. The number of ether oxygens (including phenoxy) is 3. The lowest BCUT2D eigenvalue weighted by Crippen LogP contribution is -2.52. The van der Waals surface area contributed by atoms with Crippen LogP contribution in [0.15, 0.2) is 60.8 Å². The third kappa shape index (κ3) is 4.16. The molecule has 8 nitrogen and oxygen atoms in total. The number of piperazine rings is 1. The highest BCUT2D eigenvalue weighted by atomic mass is 16.7. The Kier molecular flexibility index (Phi) is 5.49. The summed E-state index contributed by atoms with van der Waals surface area (Å²) in [4.78, 5) is 25.9. The van der Waals surface area contributed by atoms with Gasteiger partial charge in [-0.2, -0.15) is 0 Å². The van der Waals surface area contributed by atoms with Crippen molar-refractivity contribution in [3.05, 3.63) is 60.8 Å². The number of hydrogen-bond acceptors (Lipinski definition) is 7. The number of aromatic nitrogens is 2. The molecule has 5 rings (SSSR count). The number of fused-ring (bicyclic) bond motifs is 1. The minimum atomic E-state index is -0.533. The van der Waals surface area contributed by atoms with Crippen LogP contribution in [-0.4, -0.2) is 59.9 Å². The Morgan fingerprint density at radius 2 is 1.78 bits per heavy atom. The zero-order chi connectivity index (χ0) is 21.9. The van der Waals surface area contributed by atoms with E-state index in [0.717, 1.165) is 22.8 Å². The fourth-order valence-corrected chi connectivity index (χ4v) is 3.85. The molecule has 0 radical (unpaired) electrons. The smallest absolute Gasteiger partial charge is 0.263 e. The van der Waals surface area contributed by atoms with Crippen molar-refractivity contribution in [3.63, 3.8) is 0 Å². The van der Waals surface area contributed by atoms with Gasteiger partial charge in [0.1, 0.15) is 5.75 Å². The summed E-state index contributed by atoms with van der Waals surface area (Å²) in [5.74, 6) is 2.81. The van der Waals surface area contributed by atoms with Crippen LogP contribution in [0.5, 0.6) is 17.2 Å². The molecule has 0 bridgehead atoms. The van der Waals surface area contributed by atoms with E-state index in [0.29, 0.717) is 37.9 Å².